The van der Waals surface area contributed by atoms with Crippen molar-refractivity contribution in [2.75, 3.05) is 0 Å². The van der Waals surface area contributed by atoms with Gasteiger partial charge in [-0.15, -0.1) is 17.1 Å². The second-order valence-corrected chi connectivity index (χ2v) is 9.56. The fourth-order valence-electron chi connectivity index (χ4n) is 4.99. The number of hydrogen-bond donors (Lipinski definition) is 0. The molecule has 0 radical (unpaired) electrons. The van der Waals surface area contributed by atoms with E-state index in [-0.39, 0.29) is 0 Å². The first-order chi connectivity index (χ1) is 17.9. The van der Waals surface area contributed by atoms with Gasteiger partial charge in [0.1, 0.15) is 16.9 Å². The van der Waals surface area contributed by atoms with Crippen molar-refractivity contribution in [2.45, 2.75) is 5.41 Å². The van der Waals surface area contributed by atoms with Crippen LogP contribution in [0.25, 0.3) is 16.2 Å². The lowest BCUT2D eigenvalue weighted by atomic mass is 9.68. The molecule has 36 heavy (non-hydrogen) atoms. The van der Waals surface area contributed by atoms with Crippen molar-refractivity contribution >= 4 is 16.9 Å². The molecule has 1 nitrogen and oxygen atoms in total. The van der Waals surface area contributed by atoms with Crippen molar-refractivity contribution in [3.8, 4) is 10.6 Å². The molecule has 2 aromatic heterocycles. The van der Waals surface area contributed by atoms with Crippen LogP contribution >= 0.6 is 11.3 Å². The maximum Gasteiger partial charge on any atom is 0.144 e. The summed E-state index contributed by atoms with van der Waals surface area (Å²) in [5, 5.41) is 2.12. The lowest BCUT2D eigenvalue weighted by molar-refractivity contribution is 0.473. The number of hydrogen-bond acceptors (Lipinski definition) is 2. The molecule has 0 N–H and O–H groups in total. The fourth-order valence-corrected chi connectivity index (χ4v) is 5.86. The second kappa shape index (κ2) is 9.71. The summed E-state index contributed by atoms with van der Waals surface area (Å²) in [5.74, 6) is 1.75. The van der Waals surface area contributed by atoms with Crippen LogP contribution in [0.4, 0.5) is 0 Å². The van der Waals surface area contributed by atoms with E-state index in [1.807, 2.05) is 24.3 Å². The Morgan fingerprint density at radius 2 is 1.22 bits per heavy atom. The molecule has 3 aromatic carbocycles. The summed E-state index contributed by atoms with van der Waals surface area (Å²) in [6, 6.07) is 38.3. The van der Waals surface area contributed by atoms with Crippen LogP contribution in [-0.2, 0) is 5.41 Å². The molecule has 1 aliphatic rings. The van der Waals surface area contributed by atoms with Gasteiger partial charge in [-0.2, -0.15) is 0 Å². The van der Waals surface area contributed by atoms with E-state index in [4.69, 9.17) is 4.42 Å². The summed E-state index contributed by atoms with van der Waals surface area (Å²) >= 11 is 1.69. The molecule has 172 valence electrons. The van der Waals surface area contributed by atoms with Gasteiger partial charge in [-0.3, -0.25) is 0 Å². The maximum absolute atomic E-state index is 6.84. The predicted octanol–water partition coefficient (Wildman–Crippen LogP) is 9.06. The summed E-state index contributed by atoms with van der Waals surface area (Å²) in [6.45, 7) is 0. The second-order valence-electron chi connectivity index (χ2n) is 8.64. The number of thiophene rings is 1. The van der Waals surface area contributed by atoms with Crippen molar-refractivity contribution in [3.63, 3.8) is 0 Å². The largest absolute Gasteiger partial charge is 0.459 e. The van der Waals surface area contributed by atoms with Gasteiger partial charge in [-0.25, -0.2) is 0 Å². The molecule has 0 amide bonds. The van der Waals surface area contributed by atoms with E-state index >= 15 is 0 Å². The van der Waals surface area contributed by atoms with Crippen molar-refractivity contribution in [2.24, 2.45) is 0 Å². The molecule has 0 unspecified atom stereocenters. The first-order valence-corrected chi connectivity index (χ1v) is 12.9. The van der Waals surface area contributed by atoms with Gasteiger partial charge in [0.05, 0.1) is 4.88 Å². The average molecular weight is 481 g/mol. The third kappa shape index (κ3) is 3.83. The van der Waals surface area contributed by atoms with Crippen LogP contribution in [0.5, 0.6) is 0 Å². The molecule has 5 aromatic rings. The van der Waals surface area contributed by atoms with E-state index in [1.165, 1.54) is 0 Å². The zero-order valence-electron chi connectivity index (χ0n) is 19.7. The van der Waals surface area contributed by atoms with E-state index in [0.717, 1.165) is 44.2 Å². The van der Waals surface area contributed by atoms with Crippen LogP contribution in [0.2, 0.25) is 0 Å². The minimum Gasteiger partial charge on any atom is -0.459 e. The smallest absolute Gasteiger partial charge is 0.144 e. The summed E-state index contributed by atoms with van der Waals surface area (Å²) < 4.78 is 6.84. The predicted molar refractivity (Wildman–Crippen MR) is 150 cm³/mol. The van der Waals surface area contributed by atoms with Crippen LogP contribution < -0.4 is 0 Å². The third-order valence-electron chi connectivity index (χ3n) is 6.60. The Kier molecular flexibility index (Phi) is 5.97. The SMILES string of the molecule is C1=CC=CC=CC=1c1ccsc1-c1ccc(C(c2ccccc2)(c2ccccc2)c2ccccc2)o1. The van der Waals surface area contributed by atoms with Crippen molar-refractivity contribution < 1.29 is 4.42 Å². The van der Waals surface area contributed by atoms with Gasteiger partial charge in [-0.1, -0.05) is 109 Å². The lowest BCUT2D eigenvalue weighted by Crippen LogP contribution is -2.30. The van der Waals surface area contributed by atoms with Crippen LogP contribution in [0, 0.1) is 0 Å². The monoisotopic (exact) mass is 480 g/mol. The number of allylic oxidation sites excluding steroid dienone is 5. The first kappa shape index (κ1) is 22.1. The number of furan rings is 1. The van der Waals surface area contributed by atoms with Gasteiger partial charge in [0, 0.05) is 11.1 Å². The molecule has 1 aliphatic carbocycles. The first-order valence-electron chi connectivity index (χ1n) is 12.0. The van der Waals surface area contributed by atoms with Crippen LogP contribution in [0.3, 0.4) is 0 Å². The van der Waals surface area contributed by atoms with Gasteiger partial charge >= 0.3 is 0 Å². The summed E-state index contributed by atoms with van der Waals surface area (Å²) in [7, 11) is 0. The highest BCUT2D eigenvalue weighted by Gasteiger charge is 2.41. The zero-order valence-corrected chi connectivity index (χ0v) is 20.5. The third-order valence-corrected chi connectivity index (χ3v) is 7.52. The van der Waals surface area contributed by atoms with Gasteiger partial charge in [0.15, 0.2) is 0 Å². The molecule has 0 atom stereocenters. The minimum absolute atomic E-state index is 0.592. The zero-order chi connectivity index (χ0) is 24.2. The van der Waals surface area contributed by atoms with Crippen LogP contribution in [-0.4, -0.2) is 0 Å². The Balaban J connectivity index is 1.58. The van der Waals surface area contributed by atoms with Crippen molar-refractivity contribution in [1.82, 2.24) is 0 Å². The number of rotatable bonds is 6. The molecule has 2 heteroatoms. The lowest BCUT2D eigenvalue weighted by Gasteiger charge is -2.34. The Labute approximate surface area is 215 Å². The Morgan fingerprint density at radius 3 is 1.83 bits per heavy atom. The highest BCUT2D eigenvalue weighted by Crippen LogP contribution is 2.47. The van der Waals surface area contributed by atoms with E-state index in [0.29, 0.717) is 0 Å². The average Bonchev–Trinajstić information content (AvgIpc) is 3.55. The topological polar surface area (TPSA) is 13.1 Å². The molecule has 0 spiro atoms. The standard InChI is InChI=1S/C34H24OS/c1-2-7-15-26(14-6-1)30-24-25-36-33(30)31-22-23-32(35-31)34(27-16-8-3-9-17-27,28-18-10-4-11-19-28)29-20-12-5-13-21-29/h1-14,16-25H. The van der Waals surface area contributed by atoms with E-state index in [1.54, 1.807) is 11.3 Å². The number of benzene rings is 3. The molecule has 0 aliphatic heterocycles. The molecular weight excluding hydrogens is 456 g/mol. The summed E-state index contributed by atoms with van der Waals surface area (Å²) in [5.41, 5.74) is 8.47. The highest BCUT2D eigenvalue weighted by molar-refractivity contribution is 7.13. The fraction of sp³-hybridized carbons (Fsp3) is 0.0294. The Hall–Kier alpha value is -4.36. The Bertz CT molecular complexity index is 1490. The van der Waals surface area contributed by atoms with Crippen molar-refractivity contribution in [3.05, 3.63) is 179 Å². The molecule has 6 rings (SSSR count). The highest BCUT2D eigenvalue weighted by atomic mass is 32.1. The van der Waals surface area contributed by atoms with Crippen molar-refractivity contribution in [1.29, 1.82) is 0 Å². The summed E-state index contributed by atoms with van der Waals surface area (Å²) in [4.78, 5) is 1.10. The summed E-state index contributed by atoms with van der Waals surface area (Å²) in [6.07, 6.45) is 10.1. The molecule has 0 bridgehead atoms. The van der Waals surface area contributed by atoms with Gasteiger partial charge in [0.2, 0.25) is 0 Å². The minimum atomic E-state index is -0.592. The molecule has 0 fully saturated rings. The molecule has 0 saturated heterocycles. The van der Waals surface area contributed by atoms with Crippen LogP contribution in [0.1, 0.15) is 28.0 Å². The van der Waals surface area contributed by atoms with E-state index < -0.39 is 5.41 Å². The normalized spacial score (nSPS) is 12.9. The van der Waals surface area contributed by atoms with Gasteiger partial charge in [-0.05, 0) is 52.4 Å². The van der Waals surface area contributed by atoms with E-state index in [2.05, 4.69) is 126 Å². The van der Waals surface area contributed by atoms with Gasteiger partial charge in [0.25, 0.3) is 0 Å². The Morgan fingerprint density at radius 1 is 0.611 bits per heavy atom. The quantitative estimate of drug-likeness (QED) is 0.174. The van der Waals surface area contributed by atoms with Crippen LogP contribution in [0.15, 0.2) is 155 Å². The molecule has 2 heterocycles. The van der Waals surface area contributed by atoms with Gasteiger partial charge < -0.3 is 4.42 Å². The van der Waals surface area contributed by atoms with E-state index in [9.17, 15) is 0 Å². The molecular formula is C34H24OS. The molecule has 0 saturated carbocycles. The maximum atomic E-state index is 6.84.